The van der Waals surface area contributed by atoms with Crippen LogP contribution in [0, 0.1) is 6.92 Å². The molecule has 140 valence electrons. The third-order valence-electron chi connectivity index (χ3n) is 4.45. The average molecular weight is 387 g/mol. The number of hydrogen-bond acceptors (Lipinski definition) is 7. The van der Waals surface area contributed by atoms with Crippen LogP contribution in [0.2, 0.25) is 0 Å². The fourth-order valence-electron chi connectivity index (χ4n) is 2.91. The maximum Gasteiger partial charge on any atom is 0.324 e. The highest BCUT2D eigenvalue weighted by molar-refractivity contribution is 7.14. The summed E-state index contributed by atoms with van der Waals surface area (Å²) in [6.07, 6.45) is 0.842. The van der Waals surface area contributed by atoms with Crippen LogP contribution in [0.3, 0.4) is 0 Å². The summed E-state index contributed by atoms with van der Waals surface area (Å²) in [5, 5.41) is 13.3. The Kier molecular flexibility index (Phi) is 4.66. The molecule has 0 bridgehead atoms. The predicted octanol–water partition coefficient (Wildman–Crippen LogP) is 2.36. The van der Waals surface area contributed by atoms with Gasteiger partial charge in [-0.2, -0.15) is 0 Å². The van der Waals surface area contributed by atoms with Gasteiger partial charge in [0.05, 0.1) is 12.1 Å². The van der Waals surface area contributed by atoms with Crippen molar-refractivity contribution in [2.45, 2.75) is 25.6 Å². The number of alkyl halides is 1. The number of rotatable bonds is 2. The Labute approximate surface area is 158 Å². The molecule has 0 radical (unpaired) electrons. The number of aryl methyl sites for hydroxylation is 1. The quantitative estimate of drug-likeness (QED) is 0.698. The number of aromatic nitrogens is 4. The van der Waals surface area contributed by atoms with Crippen LogP contribution in [-0.4, -0.2) is 56.4 Å². The fourth-order valence-corrected chi connectivity index (χ4v) is 3.60. The average Bonchev–Trinajstić information content (AvgIpc) is 3.09. The van der Waals surface area contributed by atoms with Crippen molar-refractivity contribution in [1.82, 2.24) is 25.1 Å². The molecule has 4 rings (SSSR count). The van der Waals surface area contributed by atoms with Crippen LogP contribution in [0.15, 0.2) is 24.4 Å². The zero-order valence-corrected chi connectivity index (χ0v) is 15.4. The van der Waals surface area contributed by atoms with Crippen LogP contribution in [0.1, 0.15) is 11.4 Å². The number of nitrogens with zero attached hydrogens (tertiary/aromatic N) is 5. The Balaban J connectivity index is 1.54. The number of hydrogen-bond donors (Lipinski definition) is 2. The Morgan fingerprint density at radius 2 is 2.26 bits per heavy atom. The topological polar surface area (TPSA) is 110 Å². The summed E-state index contributed by atoms with van der Waals surface area (Å²) in [6, 6.07) is 4.76. The van der Waals surface area contributed by atoms with E-state index in [4.69, 9.17) is 5.73 Å². The number of fused-ring (bicyclic) bond motifs is 1. The van der Waals surface area contributed by atoms with Crippen molar-refractivity contribution in [2.75, 3.05) is 18.4 Å². The highest BCUT2D eigenvalue weighted by atomic mass is 32.1. The zero-order valence-electron chi connectivity index (χ0n) is 14.6. The number of piperidine rings is 1. The molecule has 1 aromatic carbocycles. The second-order valence-corrected chi connectivity index (χ2v) is 7.62. The van der Waals surface area contributed by atoms with E-state index in [-0.39, 0.29) is 12.5 Å². The number of nitrogens with one attached hydrogen (secondary N) is 1. The molecule has 1 aliphatic rings. The molecule has 10 heteroatoms. The molecule has 1 aliphatic heterocycles. The molecule has 0 aliphatic carbocycles. The summed E-state index contributed by atoms with van der Waals surface area (Å²) in [6.45, 7) is 2.27. The molecule has 3 aromatic rings. The molecule has 0 spiro atoms. The van der Waals surface area contributed by atoms with Gasteiger partial charge in [-0.05, 0) is 19.4 Å². The van der Waals surface area contributed by atoms with E-state index in [1.807, 2.05) is 25.1 Å². The SMILES string of the molecule is Cc1nnc(-c2ccc3cnc(NC(=O)N4CC[C@@H](N)[C@H](F)C4)nc3c2)s1. The number of nitrogens with two attached hydrogens (primary N) is 1. The van der Waals surface area contributed by atoms with Crippen LogP contribution < -0.4 is 11.1 Å². The number of halogens is 1. The second kappa shape index (κ2) is 7.12. The Morgan fingerprint density at radius 3 is 3.00 bits per heavy atom. The van der Waals surface area contributed by atoms with E-state index in [9.17, 15) is 9.18 Å². The van der Waals surface area contributed by atoms with E-state index in [1.165, 1.54) is 16.2 Å². The third kappa shape index (κ3) is 3.71. The van der Waals surface area contributed by atoms with E-state index >= 15 is 0 Å². The van der Waals surface area contributed by atoms with Crippen molar-refractivity contribution in [1.29, 1.82) is 0 Å². The molecule has 8 nitrogen and oxygen atoms in total. The van der Waals surface area contributed by atoms with E-state index in [1.54, 1.807) is 6.20 Å². The van der Waals surface area contributed by atoms with Gasteiger partial charge < -0.3 is 10.6 Å². The lowest BCUT2D eigenvalue weighted by atomic mass is 10.0. The first-order valence-electron chi connectivity index (χ1n) is 8.52. The van der Waals surface area contributed by atoms with Crippen molar-refractivity contribution in [3.8, 4) is 10.6 Å². The largest absolute Gasteiger partial charge is 0.325 e. The number of likely N-dealkylation sites (tertiary alicyclic amines) is 1. The van der Waals surface area contributed by atoms with E-state index < -0.39 is 18.2 Å². The summed E-state index contributed by atoms with van der Waals surface area (Å²) in [5.41, 5.74) is 7.23. The molecule has 2 atom stereocenters. The Bertz CT molecular complexity index is 994. The molecule has 0 saturated carbocycles. The molecule has 27 heavy (non-hydrogen) atoms. The number of benzene rings is 1. The first kappa shape index (κ1) is 17.7. The molecule has 1 fully saturated rings. The third-order valence-corrected chi connectivity index (χ3v) is 5.34. The lowest BCUT2D eigenvalue weighted by Crippen LogP contribution is -2.51. The van der Waals surface area contributed by atoms with E-state index in [0.717, 1.165) is 21.0 Å². The summed E-state index contributed by atoms with van der Waals surface area (Å²) in [5.74, 6) is 0.170. The molecule has 2 aromatic heterocycles. The summed E-state index contributed by atoms with van der Waals surface area (Å²) >= 11 is 1.50. The van der Waals surface area contributed by atoms with Gasteiger partial charge in [0.1, 0.15) is 16.2 Å². The first-order valence-corrected chi connectivity index (χ1v) is 9.34. The number of carbonyl (C=O) groups is 1. The van der Waals surface area contributed by atoms with Crippen LogP contribution in [0.4, 0.5) is 15.1 Å². The monoisotopic (exact) mass is 387 g/mol. The lowest BCUT2D eigenvalue weighted by Gasteiger charge is -2.32. The fraction of sp³-hybridized carbons (Fsp3) is 0.353. The summed E-state index contributed by atoms with van der Waals surface area (Å²) < 4.78 is 13.8. The second-order valence-electron chi connectivity index (χ2n) is 6.44. The van der Waals surface area contributed by atoms with Crippen molar-refractivity contribution >= 4 is 34.2 Å². The van der Waals surface area contributed by atoms with Crippen molar-refractivity contribution < 1.29 is 9.18 Å². The van der Waals surface area contributed by atoms with E-state index in [2.05, 4.69) is 25.5 Å². The minimum atomic E-state index is -1.22. The normalized spacial score (nSPS) is 20.0. The molecular formula is C17H18FN7OS. The molecule has 1 saturated heterocycles. The van der Waals surface area contributed by atoms with Gasteiger partial charge in [-0.15, -0.1) is 10.2 Å². The highest BCUT2D eigenvalue weighted by Gasteiger charge is 2.29. The standard InChI is InChI=1S/C17H18FN7OS/c1-9-23-24-15(27-9)10-2-3-11-7-20-16(21-14(11)6-10)22-17(26)25-5-4-13(19)12(18)8-25/h2-3,6-7,12-13H,4-5,8,19H2,1H3,(H,20,21,22,26)/t12-,13-/m1/s1. The maximum absolute atomic E-state index is 13.8. The van der Waals surface area contributed by atoms with Crippen LogP contribution in [0.5, 0.6) is 0 Å². The summed E-state index contributed by atoms with van der Waals surface area (Å²) in [7, 11) is 0. The number of anilines is 1. The Hall–Kier alpha value is -2.72. The van der Waals surface area contributed by atoms with Gasteiger partial charge in [-0.25, -0.2) is 19.2 Å². The van der Waals surface area contributed by atoms with Crippen LogP contribution >= 0.6 is 11.3 Å². The van der Waals surface area contributed by atoms with Crippen LogP contribution in [0.25, 0.3) is 21.5 Å². The minimum Gasteiger partial charge on any atom is -0.325 e. The van der Waals surface area contributed by atoms with E-state index in [0.29, 0.717) is 18.5 Å². The number of urea groups is 1. The summed E-state index contributed by atoms with van der Waals surface area (Å²) in [4.78, 5) is 22.3. The lowest BCUT2D eigenvalue weighted by molar-refractivity contribution is 0.137. The molecular weight excluding hydrogens is 369 g/mol. The predicted molar refractivity (Wildman–Crippen MR) is 101 cm³/mol. The smallest absolute Gasteiger partial charge is 0.324 e. The van der Waals surface area contributed by atoms with Gasteiger partial charge in [-0.1, -0.05) is 23.5 Å². The minimum absolute atomic E-state index is 0.0267. The van der Waals surface area contributed by atoms with Gasteiger partial charge in [-0.3, -0.25) is 5.32 Å². The molecule has 3 heterocycles. The van der Waals surface area contributed by atoms with Crippen molar-refractivity contribution in [2.24, 2.45) is 5.73 Å². The van der Waals surface area contributed by atoms with Gasteiger partial charge in [0.25, 0.3) is 0 Å². The highest BCUT2D eigenvalue weighted by Crippen LogP contribution is 2.26. The van der Waals surface area contributed by atoms with Crippen molar-refractivity contribution in [3.05, 3.63) is 29.4 Å². The van der Waals surface area contributed by atoms with Gasteiger partial charge in [0.2, 0.25) is 5.95 Å². The number of carbonyl (C=O) groups excluding carboxylic acids is 1. The van der Waals surface area contributed by atoms with Gasteiger partial charge in [0.15, 0.2) is 0 Å². The van der Waals surface area contributed by atoms with Crippen LogP contribution in [-0.2, 0) is 0 Å². The van der Waals surface area contributed by atoms with Crippen molar-refractivity contribution in [3.63, 3.8) is 0 Å². The zero-order chi connectivity index (χ0) is 19.0. The maximum atomic E-state index is 13.8. The molecule has 3 N–H and O–H groups in total. The molecule has 2 amide bonds. The molecule has 0 unspecified atom stereocenters. The van der Waals surface area contributed by atoms with Gasteiger partial charge >= 0.3 is 6.03 Å². The first-order chi connectivity index (χ1) is 13.0. The van der Waals surface area contributed by atoms with Gasteiger partial charge in [0, 0.05) is 29.7 Å². The number of amides is 2. The Morgan fingerprint density at radius 1 is 1.41 bits per heavy atom.